The molecule has 0 unspecified atom stereocenters. The first kappa shape index (κ1) is 27.6. The number of rotatable bonds is 7. The Morgan fingerprint density at radius 2 is 0.868 bits per heavy atom. The zero-order valence-corrected chi connectivity index (χ0v) is 23.4. The van der Waals surface area contributed by atoms with Gasteiger partial charge in [-0.05, 0) is 120 Å². The van der Waals surface area contributed by atoms with Crippen LogP contribution in [0, 0.1) is 11.6 Å². The summed E-state index contributed by atoms with van der Waals surface area (Å²) < 4.78 is 27.0. The van der Waals surface area contributed by atoms with E-state index in [0.29, 0.717) is 0 Å². The van der Waals surface area contributed by atoms with Crippen molar-refractivity contribution in [1.82, 2.24) is 9.97 Å². The van der Waals surface area contributed by atoms with Crippen LogP contribution in [0.4, 0.5) is 8.78 Å². The largest absolute Gasteiger partial charge is 0.253 e. The van der Waals surface area contributed by atoms with Crippen molar-refractivity contribution in [3.63, 3.8) is 0 Å². The van der Waals surface area contributed by atoms with Crippen LogP contribution in [0.1, 0.15) is 76.9 Å². The van der Waals surface area contributed by atoms with Crippen molar-refractivity contribution >= 4 is 0 Å². The topological polar surface area (TPSA) is 25.8 Å². The summed E-state index contributed by atoms with van der Waals surface area (Å²) in [6, 6.07) is 21.8. The number of nitrogens with zero attached hydrogens (tertiary/aromatic N) is 2. The average Bonchev–Trinajstić information content (AvgIpc) is 2.86. The molecule has 0 N–H and O–H groups in total. The van der Waals surface area contributed by atoms with Crippen molar-refractivity contribution in [2.45, 2.75) is 78.1 Å². The highest BCUT2D eigenvalue weighted by Crippen LogP contribution is 2.30. The molecule has 0 saturated carbocycles. The monoisotopic (exact) mass is 512 g/mol. The molecule has 0 aliphatic heterocycles. The zero-order chi connectivity index (χ0) is 27.5. The van der Waals surface area contributed by atoms with E-state index in [0.717, 1.165) is 59.6 Å². The van der Waals surface area contributed by atoms with E-state index < -0.39 is 0 Å². The van der Waals surface area contributed by atoms with Crippen LogP contribution in [0.3, 0.4) is 0 Å². The van der Waals surface area contributed by atoms with Crippen molar-refractivity contribution in [3.8, 4) is 22.5 Å². The van der Waals surface area contributed by atoms with Gasteiger partial charge in [0, 0.05) is 22.5 Å². The molecule has 2 heterocycles. The summed E-state index contributed by atoms with van der Waals surface area (Å²) in [7, 11) is 0. The van der Waals surface area contributed by atoms with Gasteiger partial charge in [-0.3, -0.25) is 9.97 Å². The minimum atomic E-state index is -0.243. The zero-order valence-electron chi connectivity index (χ0n) is 23.4. The van der Waals surface area contributed by atoms with E-state index in [-0.39, 0.29) is 22.5 Å². The van der Waals surface area contributed by atoms with Gasteiger partial charge in [0.2, 0.25) is 0 Å². The summed E-state index contributed by atoms with van der Waals surface area (Å²) in [5, 5.41) is 0. The van der Waals surface area contributed by atoms with Gasteiger partial charge < -0.3 is 0 Å². The SMILES string of the molecule is CC(C)(C)c1cc(CCCCc2cc(C(C)(C)C)cc(-c3ccc(F)cc3)n2)nc(-c2ccc(F)cc2)c1. The third kappa shape index (κ3) is 7.12. The molecule has 0 amide bonds. The van der Waals surface area contributed by atoms with Crippen molar-refractivity contribution in [3.05, 3.63) is 107 Å². The predicted molar refractivity (Wildman–Crippen MR) is 153 cm³/mol. The van der Waals surface area contributed by atoms with Gasteiger partial charge in [-0.15, -0.1) is 0 Å². The molecule has 38 heavy (non-hydrogen) atoms. The van der Waals surface area contributed by atoms with E-state index in [4.69, 9.17) is 9.97 Å². The fraction of sp³-hybridized carbons (Fsp3) is 0.353. The summed E-state index contributed by atoms with van der Waals surface area (Å²) in [6.07, 6.45) is 3.69. The number of aromatic nitrogens is 2. The lowest BCUT2D eigenvalue weighted by molar-refractivity contribution is 0.585. The highest BCUT2D eigenvalue weighted by molar-refractivity contribution is 5.61. The van der Waals surface area contributed by atoms with Gasteiger partial charge in [0.05, 0.1) is 11.4 Å². The van der Waals surface area contributed by atoms with Gasteiger partial charge >= 0.3 is 0 Å². The van der Waals surface area contributed by atoms with Crippen LogP contribution < -0.4 is 0 Å². The molecular weight excluding hydrogens is 474 g/mol. The third-order valence-corrected chi connectivity index (χ3v) is 6.88. The summed E-state index contributed by atoms with van der Waals surface area (Å²) >= 11 is 0. The molecular formula is C34H38F2N2. The first-order valence-corrected chi connectivity index (χ1v) is 13.4. The Labute approximate surface area is 226 Å². The number of aryl methyl sites for hydroxylation is 2. The van der Waals surface area contributed by atoms with Crippen molar-refractivity contribution in [2.24, 2.45) is 0 Å². The lowest BCUT2D eigenvalue weighted by atomic mass is 9.85. The molecule has 0 aliphatic rings. The van der Waals surface area contributed by atoms with Crippen molar-refractivity contribution in [2.75, 3.05) is 0 Å². The maximum atomic E-state index is 13.5. The molecule has 4 heteroatoms. The second-order valence-electron chi connectivity index (χ2n) is 12.2. The van der Waals surface area contributed by atoms with Gasteiger partial charge in [0.1, 0.15) is 11.6 Å². The number of pyridine rings is 2. The lowest BCUT2D eigenvalue weighted by Crippen LogP contribution is -2.13. The van der Waals surface area contributed by atoms with E-state index >= 15 is 0 Å². The first-order chi connectivity index (χ1) is 17.9. The molecule has 0 aliphatic carbocycles. The number of benzene rings is 2. The molecule has 0 spiro atoms. The molecule has 0 saturated heterocycles. The third-order valence-electron chi connectivity index (χ3n) is 6.88. The Balaban J connectivity index is 1.51. The second kappa shape index (κ2) is 11.1. The molecule has 0 fully saturated rings. The first-order valence-electron chi connectivity index (χ1n) is 13.4. The molecule has 4 rings (SSSR count). The van der Waals surface area contributed by atoms with E-state index in [2.05, 4.69) is 65.8 Å². The number of hydrogen-bond donors (Lipinski definition) is 0. The Morgan fingerprint density at radius 3 is 1.18 bits per heavy atom. The number of hydrogen-bond acceptors (Lipinski definition) is 2. The van der Waals surface area contributed by atoms with Crippen molar-refractivity contribution < 1.29 is 8.78 Å². The van der Waals surface area contributed by atoms with Gasteiger partial charge in [-0.25, -0.2) is 8.78 Å². The number of halogens is 2. The average molecular weight is 513 g/mol. The maximum Gasteiger partial charge on any atom is 0.123 e. The van der Waals surface area contributed by atoms with Gasteiger partial charge in [0.15, 0.2) is 0 Å². The van der Waals surface area contributed by atoms with Gasteiger partial charge in [-0.1, -0.05) is 41.5 Å². The highest BCUT2D eigenvalue weighted by Gasteiger charge is 2.18. The van der Waals surface area contributed by atoms with Crippen LogP contribution in [-0.2, 0) is 23.7 Å². The molecule has 2 aromatic carbocycles. The van der Waals surface area contributed by atoms with Gasteiger partial charge in [-0.2, -0.15) is 0 Å². The molecule has 4 aromatic rings. The van der Waals surface area contributed by atoms with Crippen LogP contribution in [-0.4, -0.2) is 9.97 Å². The Bertz CT molecular complexity index is 1270. The molecule has 2 nitrogen and oxygen atoms in total. The van der Waals surface area contributed by atoms with Crippen molar-refractivity contribution in [1.29, 1.82) is 0 Å². The van der Waals surface area contributed by atoms with Crippen LogP contribution in [0.15, 0.2) is 72.8 Å². The molecule has 0 bridgehead atoms. The maximum absolute atomic E-state index is 13.5. The van der Waals surface area contributed by atoms with E-state index in [9.17, 15) is 8.78 Å². The van der Waals surface area contributed by atoms with Crippen LogP contribution >= 0.6 is 0 Å². The predicted octanol–water partition coefficient (Wildman–Crippen LogP) is 9.25. The molecule has 0 radical (unpaired) electrons. The van der Waals surface area contributed by atoms with Crippen LogP contribution in [0.25, 0.3) is 22.5 Å². The fourth-order valence-electron chi connectivity index (χ4n) is 4.45. The summed E-state index contributed by atoms with van der Waals surface area (Å²) in [6.45, 7) is 13.2. The minimum absolute atomic E-state index is 0.0134. The standard InChI is InChI=1S/C34H38F2N2/c1-33(2,3)25-19-29(37-31(21-25)23-11-15-27(35)16-12-23)9-7-8-10-30-20-26(34(4,5)6)22-32(38-30)24-13-17-28(36)18-14-24/h11-22H,7-10H2,1-6H3. The highest BCUT2D eigenvalue weighted by atomic mass is 19.1. The van der Waals surface area contributed by atoms with Crippen LogP contribution in [0.2, 0.25) is 0 Å². The lowest BCUT2D eigenvalue weighted by Gasteiger charge is -2.21. The summed E-state index contributed by atoms with van der Waals surface area (Å²) in [5.41, 5.74) is 8.16. The molecule has 2 aromatic heterocycles. The summed E-state index contributed by atoms with van der Waals surface area (Å²) in [5.74, 6) is -0.486. The Hall–Kier alpha value is -3.40. The quantitative estimate of drug-likeness (QED) is 0.231. The normalized spacial score (nSPS) is 12.1. The fourth-order valence-corrected chi connectivity index (χ4v) is 4.45. The van der Waals surface area contributed by atoms with E-state index in [1.165, 1.54) is 35.4 Å². The van der Waals surface area contributed by atoms with E-state index in [1.807, 2.05) is 0 Å². The minimum Gasteiger partial charge on any atom is -0.253 e. The van der Waals surface area contributed by atoms with Gasteiger partial charge in [0.25, 0.3) is 0 Å². The second-order valence-corrected chi connectivity index (χ2v) is 12.2. The molecule has 198 valence electrons. The van der Waals surface area contributed by atoms with E-state index in [1.54, 1.807) is 24.3 Å². The van der Waals surface area contributed by atoms with Crippen LogP contribution in [0.5, 0.6) is 0 Å². The number of unbranched alkanes of at least 4 members (excludes halogenated alkanes) is 1. The summed E-state index contributed by atoms with van der Waals surface area (Å²) in [4.78, 5) is 9.86. The Morgan fingerprint density at radius 1 is 0.526 bits per heavy atom. The smallest absolute Gasteiger partial charge is 0.123 e. The Kier molecular flexibility index (Phi) is 8.10. The molecule has 0 atom stereocenters.